The van der Waals surface area contributed by atoms with Crippen molar-refractivity contribution in [2.75, 3.05) is 5.32 Å². The van der Waals surface area contributed by atoms with E-state index in [2.05, 4.69) is 20.4 Å². The van der Waals surface area contributed by atoms with Crippen LogP contribution in [0.15, 0.2) is 48.9 Å². The van der Waals surface area contributed by atoms with Crippen LogP contribution in [0.4, 0.5) is 19.0 Å². The summed E-state index contributed by atoms with van der Waals surface area (Å²) in [6, 6.07) is 6.39. The van der Waals surface area contributed by atoms with Gasteiger partial charge in [-0.3, -0.25) is 14.4 Å². The Bertz CT molecular complexity index is 2170. The summed E-state index contributed by atoms with van der Waals surface area (Å²) >= 11 is 0. The first-order chi connectivity index (χ1) is 22.7. The zero-order chi connectivity index (χ0) is 34.3. The second-order valence-corrected chi connectivity index (χ2v) is 13.1. The lowest BCUT2D eigenvalue weighted by Crippen LogP contribution is -2.46. The largest absolute Gasteiger partial charge is 0.433 e. The molecule has 14 heteroatoms. The van der Waals surface area contributed by atoms with Crippen LogP contribution >= 0.6 is 0 Å². The maximum atomic E-state index is 14.0. The number of pyridine rings is 1. The van der Waals surface area contributed by atoms with E-state index >= 15 is 0 Å². The van der Waals surface area contributed by atoms with Crippen LogP contribution in [0.25, 0.3) is 27.7 Å². The number of carbonyl (C=O) groups excluding carboxylic acids is 3. The minimum Gasteiger partial charge on any atom is -0.392 e. The number of aliphatic hydroxyl groups excluding tert-OH is 1. The van der Waals surface area contributed by atoms with E-state index in [4.69, 9.17) is 0 Å². The quantitative estimate of drug-likeness (QED) is 0.232. The van der Waals surface area contributed by atoms with E-state index in [1.54, 1.807) is 34.5 Å². The Morgan fingerprint density at radius 2 is 1.85 bits per heavy atom. The molecule has 0 spiro atoms. The molecule has 1 aromatic carbocycles. The summed E-state index contributed by atoms with van der Waals surface area (Å²) in [5.74, 6) is -1.46. The maximum Gasteiger partial charge on any atom is 0.433 e. The summed E-state index contributed by atoms with van der Waals surface area (Å²) in [6.07, 6.45) is 1.43. The van der Waals surface area contributed by atoms with Gasteiger partial charge in [0.15, 0.2) is 11.4 Å². The molecule has 7 rings (SSSR count). The van der Waals surface area contributed by atoms with Crippen LogP contribution < -0.4 is 5.32 Å². The lowest BCUT2D eigenvalue weighted by Gasteiger charge is -2.27. The van der Waals surface area contributed by atoms with E-state index < -0.39 is 29.7 Å². The van der Waals surface area contributed by atoms with Crippen LogP contribution in [0.3, 0.4) is 0 Å². The van der Waals surface area contributed by atoms with Crippen LogP contribution in [-0.2, 0) is 28.9 Å². The number of ketones is 1. The molecular formula is C34H32F3N7O4. The molecule has 0 bridgehead atoms. The lowest BCUT2D eigenvalue weighted by molar-refractivity contribution is -0.141. The van der Waals surface area contributed by atoms with Gasteiger partial charge in [0.05, 0.1) is 17.8 Å². The van der Waals surface area contributed by atoms with Crippen molar-refractivity contribution in [2.24, 2.45) is 5.41 Å². The van der Waals surface area contributed by atoms with Crippen molar-refractivity contribution in [1.29, 1.82) is 0 Å². The first-order valence-electron chi connectivity index (χ1n) is 15.4. The summed E-state index contributed by atoms with van der Waals surface area (Å²) in [6.45, 7) is 6.19. The second kappa shape index (κ2) is 11.0. The number of hydrogen-bond acceptors (Lipinski definition) is 7. The van der Waals surface area contributed by atoms with Gasteiger partial charge in [0, 0.05) is 52.8 Å². The third-order valence-electron chi connectivity index (χ3n) is 9.53. The van der Waals surface area contributed by atoms with Crippen molar-refractivity contribution in [2.45, 2.75) is 71.9 Å². The molecule has 248 valence electrons. The number of likely N-dealkylation sites (tertiary alicyclic amines) is 1. The number of hydrogen-bond donors (Lipinski definition) is 2. The molecule has 2 amide bonds. The molecule has 1 saturated heterocycles. The van der Waals surface area contributed by atoms with Crippen molar-refractivity contribution in [3.8, 4) is 11.1 Å². The van der Waals surface area contributed by atoms with E-state index in [0.29, 0.717) is 57.2 Å². The summed E-state index contributed by atoms with van der Waals surface area (Å²) in [7, 11) is 0. The van der Waals surface area contributed by atoms with Gasteiger partial charge in [-0.15, -0.1) is 0 Å². The highest BCUT2D eigenvalue weighted by Gasteiger charge is 2.64. The van der Waals surface area contributed by atoms with Gasteiger partial charge in [-0.05, 0) is 68.4 Å². The van der Waals surface area contributed by atoms with E-state index in [9.17, 15) is 32.7 Å². The molecule has 4 aromatic heterocycles. The topological polar surface area (TPSA) is 135 Å². The summed E-state index contributed by atoms with van der Waals surface area (Å²) in [4.78, 5) is 50.0. The number of halogens is 3. The molecule has 3 atom stereocenters. The number of aromatic nitrogens is 5. The number of anilines is 1. The predicted molar refractivity (Wildman–Crippen MR) is 169 cm³/mol. The predicted octanol–water partition coefficient (Wildman–Crippen LogP) is 5.09. The zero-order valence-electron chi connectivity index (χ0n) is 26.6. The number of amides is 2. The third-order valence-corrected chi connectivity index (χ3v) is 9.53. The molecule has 2 fully saturated rings. The minimum atomic E-state index is -4.69. The number of aryl methyl sites for hydroxylation is 2. The average molecular weight is 660 g/mol. The number of rotatable bonds is 7. The van der Waals surface area contributed by atoms with Gasteiger partial charge in [-0.1, -0.05) is 13.0 Å². The Morgan fingerprint density at radius 3 is 2.56 bits per heavy atom. The lowest BCUT2D eigenvalue weighted by atomic mass is 10.00. The fourth-order valence-electron chi connectivity index (χ4n) is 6.97. The first-order valence-corrected chi connectivity index (χ1v) is 15.4. The maximum absolute atomic E-state index is 14.0. The number of nitrogens with zero attached hydrogens (tertiary/aromatic N) is 6. The fraction of sp³-hybridized carbons (Fsp3) is 0.353. The molecule has 0 unspecified atom stereocenters. The highest BCUT2D eigenvalue weighted by Crippen LogP contribution is 2.59. The number of aliphatic hydroxyl groups is 1. The average Bonchev–Trinajstić information content (AvgIpc) is 3.29. The number of carbonyl (C=O) groups is 3. The highest BCUT2D eigenvalue weighted by molar-refractivity contribution is 6.09. The van der Waals surface area contributed by atoms with Crippen molar-refractivity contribution in [1.82, 2.24) is 29.0 Å². The van der Waals surface area contributed by atoms with Gasteiger partial charge >= 0.3 is 6.18 Å². The van der Waals surface area contributed by atoms with Crippen molar-refractivity contribution in [3.63, 3.8) is 0 Å². The Morgan fingerprint density at radius 1 is 1.08 bits per heavy atom. The third kappa shape index (κ3) is 5.29. The molecule has 0 radical (unpaired) electrons. The van der Waals surface area contributed by atoms with Crippen LogP contribution in [0.5, 0.6) is 0 Å². The van der Waals surface area contributed by atoms with E-state index in [1.807, 2.05) is 32.2 Å². The number of piperidine rings is 1. The Hall–Kier alpha value is -5.11. The molecule has 5 aromatic rings. The first kappa shape index (κ1) is 31.5. The highest BCUT2D eigenvalue weighted by atomic mass is 19.4. The Labute approximate surface area is 272 Å². The summed E-state index contributed by atoms with van der Waals surface area (Å²) in [5.41, 5.74) is 3.16. The van der Waals surface area contributed by atoms with Crippen molar-refractivity contribution in [3.05, 3.63) is 77.0 Å². The molecule has 11 nitrogen and oxygen atoms in total. The van der Waals surface area contributed by atoms with Crippen LogP contribution in [0, 0.1) is 19.3 Å². The molecule has 2 N–H and O–H groups in total. The molecule has 1 aliphatic heterocycles. The minimum absolute atomic E-state index is 0.212. The molecule has 2 aliphatic rings. The Balaban J connectivity index is 1.21. The monoisotopic (exact) mass is 659 g/mol. The van der Waals surface area contributed by atoms with Crippen molar-refractivity contribution >= 4 is 40.0 Å². The SMILES string of the molecule is CC(=O)c1cn(CC(=O)N2[C@H](C(=O)Nc3nc(C(F)(F)F)ccc3C)C[C@@]3(C)C[C@@H]23)c2c(CO)cc(-c3cnc4cc(C)nn4c3)cc12. The van der Waals surface area contributed by atoms with Gasteiger partial charge in [0.25, 0.3) is 0 Å². The number of fused-ring (bicyclic) bond motifs is 3. The molecule has 48 heavy (non-hydrogen) atoms. The normalized spacial score (nSPS) is 20.4. The standard InChI is InChI=1S/C34H32F3N7O4/c1-17-5-6-26(34(35,36)37)39-31(17)40-32(48)25-10-33(4)11-27(33)44(25)29(47)15-42-14-24(19(3)46)23-9-20(8-21(16-45)30(23)42)22-12-38-28-7-18(2)41-43(28)13-22/h5-9,12-14,25,27,45H,10-11,15-16H2,1-4H3,(H,39,40,48)/t25-,27+,33-/m0/s1. The van der Waals surface area contributed by atoms with Crippen LogP contribution in [-0.4, -0.2) is 63.8 Å². The van der Waals surface area contributed by atoms with E-state index in [1.165, 1.54) is 17.9 Å². The van der Waals surface area contributed by atoms with Crippen LogP contribution in [0.1, 0.15) is 59.6 Å². The number of Topliss-reactive ketones (excluding diaryl/α,β-unsaturated/α-hetero) is 1. The van der Waals surface area contributed by atoms with Gasteiger partial charge in [0.2, 0.25) is 11.8 Å². The molecule has 5 heterocycles. The van der Waals surface area contributed by atoms with Gasteiger partial charge in [-0.25, -0.2) is 14.5 Å². The van der Waals surface area contributed by atoms with Gasteiger partial charge in [0.1, 0.15) is 24.1 Å². The van der Waals surface area contributed by atoms with Gasteiger partial charge in [-0.2, -0.15) is 18.3 Å². The Kier molecular flexibility index (Phi) is 7.20. The molecule has 1 saturated carbocycles. The number of alkyl halides is 3. The summed E-state index contributed by atoms with van der Waals surface area (Å²) < 4.78 is 43.3. The fourth-order valence-corrected chi connectivity index (χ4v) is 6.97. The second-order valence-electron chi connectivity index (χ2n) is 13.1. The van der Waals surface area contributed by atoms with E-state index in [0.717, 1.165) is 11.8 Å². The zero-order valence-corrected chi connectivity index (χ0v) is 26.6. The smallest absolute Gasteiger partial charge is 0.392 e. The van der Waals surface area contributed by atoms with Crippen LogP contribution in [0.2, 0.25) is 0 Å². The van der Waals surface area contributed by atoms with Crippen molar-refractivity contribution < 1.29 is 32.7 Å². The summed E-state index contributed by atoms with van der Waals surface area (Å²) in [5, 5.41) is 18.0. The number of benzene rings is 1. The van der Waals surface area contributed by atoms with Gasteiger partial charge < -0.3 is 19.9 Å². The van der Waals surface area contributed by atoms with E-state index in [-0.39, 0.29) is 36.2 Å². The number of nitrogens with one attached hydrogen (secondary N) is 1. The molecular weight excluding hydrogens is 627 g/mol. The molecule has 1 aliphatic carbocycles.